The Bertz CT molecular complexity index is 748. The molecule has 2 rings (SSSR count). The standard InChI is InChI=1S/C16H16BrNO6S/c1-4-24-11-6-9(5-10(17)14(11)23-3)7-12-15(20)18(16(21)25-12)8-13(19)22-2/h5-7H,4,8H2,1-3H3/b12-7-. The van der Waals surface area contributed by atoms with Gasteiger partial charge in [-0.3, -0.25) is 19.3 Å². The number of amides is 2. The van der Waals surface area contributed by atoms with Crippen molar-refractivity contribution < 1.29 is 28.6 Å². The molecule has 0 atom stereocenters. The van der Waals surface area contributed by atoms with Crippen molar-refractivity contribution in [1.82, 2.24) is 4.90 Å². The molecule has 1 fully saturated rings. The van der Waals surface area contributed by atoms with Crippen LogP contribution in [0.1, 0.15) is 12.5 Å². The van der Waals surface area contributed by atoms with Crippen LogP contribution in [0, 0.1) is 0 Å². The molecular formula is C16H16BrNO6S. The predicted molar refractivity (Wildman–Crippen MR) is 96.6 cm³/mol. The minimum absolute atomic E-state index is 0.216. The number of imide groups is 1. The van der Waals surface area contributed by atoms with E-state index in [1.807, 2.05) is 6.92 Å². The number of ether oxygens (including phenoxy) is 3. The number of rotatable bonds is 6. The first kappa shape index (κ1) is 19.3. The first-order valence-electron chi connectivity index (χ1n) is 7.23. The first-order valence-corrected chi connectivity index (χ1v) is 8.84. The molecule has 0 aromatic heterocycles. The van der Waals surface area contributed by atoms with Crippen LogP contribution in [0.25, 0.3) is 6.08 Å². The van der Waals surface area contributed by atoms with Crippen LogP contribution in [0.2, 0.25) is 0 Å². The summed E-state index contributed by atoms with van der Waals surface area (Å²) in [6.07, 6.45) is 1.56. The minimum Gasteiger partial charge on any atom is -0.492 e. The van der Waals surface area contributed by atoms with Crippen molar-refractivity contribution in [2.45, 2.75) is 6.92 Å². The number of methoxy groups -OCH3 is 2. The highest BCUT2D eigenvalue weighted by atomic mass is 79.9. The van der Waals surface area contributed by atoms with E-state index in [2.05, 4.69) is 20.7 Å². The molecule has 0 N–H and O–H groups in total. The Morgan fingerprint density at radius 2 is 2.04 bits per heavy atom. The molecule has 1 aromatic carbocycles. The fraction of sp³-hybridized carbons (Fsp3) is 0.312. The summed E-state index contributed by atoms with van der Waals surface area (Å²) in [4.78, 5) is 36.7. The van der Waals surface area contributed by atoms with Gasteiger partial charge in [-0.25, -0.2) is 0 Å². The second-order valence-corrected chi connectivity index (χ2v) is 6.66. The second-order valence-electron chi connectivity index (χ2n) is 4.81. The third-order valence-electron chi connectivity index (χ3n) is 3.22. The van der Waals surface area contributed by atoms with Gasteiger partial charge in [-0.2, -0.15) is 0 Å². The Kier molecular flexibility index (Phi) is 6.49. The second kappa shape index (κ2) is 8.39. The molecule has 1 saturated heterocycles. The van der Waals surface area contributed by atoms with E-state index in [0.29, 0.717) is 28.1 Å². The molecule has 0 aliphatic carbocycles. The molecule has 1 aromatic rings. The molecule has 0 saturated carbocycles. The zero-order valence-corrected chi connectivity index (χ0v) is 16.2. The lowest BCUT2D eigenvalue weighted by molar-refractivity contribution is -0.143. The quantitative estimate of drug-likeness (QED) is 0.507. The normalized spacial score (nSPS) is 15.7. The summed E-state index contributed by atoms with van der Waals surface area (Å²) in [6.45, 7) is 1.88. The first-order chi connectivity index (χ1) is 11.9. The molecule has 0 spiro atoms. The lowest BCUT2D eigenvalue weighted by Gasteiger charge is -2.12. The van der Waals surface area contributed by atoms with Gasteiger partial charge in [0.1, 0.15) is 6.54 Å². The number of esters is 1. The van der Waals surface area contributed by atoms with Crippen molar-refractivity contribution in [3.63, 3.8) is 0 Å². The van der Waals surface area contributed by atoms with Gasteiger partial charge >= 0.3 is 5.97 Å². The third kappa shape index (κ3) is 4.35. The highest BCUT2D eigenvalue weighted by Gasteiger charge is 2.36. The fourth-order valence-corrected chi connectivity index (χ4v) is 3.57. The number of hydrogen-bond donors (Lipinski definition) is 0. The van der Waals surface area contributed by atoms with Gasteiger partial charge in [0.05, 0.1) is 30.2 Å². The van der Waals surface area contributed by atoms with Gasteiger partial charge in [0.2, 0.25) is 0 Å². The molecule has 1 aliphatic heterocycles. The summed E-state index contributed by atoms with van der Waals surface area (Å²) in [5.41, 5.74) is 0.652. The Morgan fingerprint density at radius 1 is 1.32 bits per heavy atom. The molecule has 7 nitrogen and oxygen atoms in total. The van der Waals surface area contributed by atoms with Crippen molar-refractivity contribution in [3.05, 3.63) is 27.1 Å². The summed E-state index contributed by atoms with van der Waals surface area (Å²) in [5.74, 6) is -0.142. The molecule has 134 valence electrons. The van der Waals surface area contributed by atoms with Crippen molar-refractivity contribution in [2.24, 2.45) is 0 Å². The van der Waals surface area contributed by atoms with Crippen molar-refractivity contribution in [3.8, 4) is 11.5 Å². The number of carbonyl (C=O) groups is 3. The van der Waals surface area contributed by atoms with E-state index in [1.54, 1.807) is 18.2 Å². The van der Waals surface area contributed by atoms with E-state index < -0.39 is 23.7 Å². The molecule has 2 amide bonds. The van der Waals surface area contributed by atoms with E-state index in [9.17, 15) is 14.4 Å². The predicted octanol–water partition coefficient (Wildman–Crippen LogP) is 3.07. The SMILES string of the molecule is CCOc1cc(/C=C2\SC(=O)N(CC(=O)OC)C2=O)cc(Br)c1OC. The Hall–Kier alpha value is -2.00. The summed E-state index contributed by atoms with van der Waals surface area (Å²) < 4.78 is 16.0. The van der Waals surface area contributed by atoms with E-state index >= 15 is 0 Å². The Balaban J connectivity index is 2.33. The highest BCUT2D eigenvalue weighted by molar-refractivity contribution is 9.10. The highest BCUT2D eigenvalue weighted by Crippen LogP contribution is 2.39. The molecule has 0 radical (unpaired) electrons. The number of halogens is 1. The maximum Gasteiger partial charge on any atom is 0.325 e. The summed E-state index contributed by atoms with van der Waals surface area (Å²) in [6, 6.07) is 3.46. The van der Waals surface area contributed by atoms with Crippen molar-refractivity contribution in [1.29, 1.82) is 0 Å². The number of nitrogens with zero attached hydrogens (tertiary/aromatic N) is 1. The molecule has 1 aliphatic rings. The Morgan fingerprint density at radius 3 is 2.64 bits per heavy atom. The zero-order chi connectivity index (χ0) is 18.6. The van der Waals surface area contributed by atoms with E-state index in [1.165, 1.54) is 14.2 Å². The zero-order valence-electron chi connectivity index (χ0n) is 13.8. The molecule has 9 heteroatoms. The summed E-state index contributed by atoms with van der Waals surface area (Å²) >= 11 is 4.16. The fourth-order valence-electron chi connectivity index (χ4n) is 2.11. The van der Waals surface area contributed by atoms with Gasteiger partial charge in [-0.15, -0.1) is 0 Å². The monoisotopic (exact) mass is 429 g/mol. The third-order valence-corrected chi connectivity index (χ3v) is 4.72. The van der Waals surface area contributed by atoms with Crippen LogP contribution in [0.4, 0.5) is 4.79 Å². The summed E-state index contributed by atoms with van der Waals surface area (Å²) in [7, 11) is 2.72. The number of hydrogen-bond acceptors (Lipinski definition) is 7. The molecule has 1 heterocycles. The van der Waals surface area contributed by atoms with Crippen LogP contribution in [0.5, 0.6) is 11.5 Å². The molecular weight excluding hydrogens is 414 g/mol. The maximum atomic E-state index is 12.3. The van der Waals surface area contributed by atoms with Crippen LogP contribution < -0.4 is 9.47 Å². The molecule has 25 heavy (non-hydrogen) atoms. The Labute approximate surface area is 157 Å². The lowest BCUT2D eigenvalue weighted by Crippen LogP contribution is -2.34. The summed E-state index contributed by atoms with van der Waals surface area (Å²) in [5, 5.41) is -0.515. The van der Waals surface area contributed by atoms with E-state index in [-0.39, 0.29) is 4.91 Å². The maximum absolute atomic E-state index is 12.3. The average Bonchev–Trinajstić information content (AvgIpc) is 2.82. The smallest absolute Gasteiger partial charge is 0.325 e. The van der Waals surface area contributed by atoms with Crippen LogP contribution in [-0.2, 0) is 14.3 Å². The van der Waals surface area contributed by atoms with Crippen LogP contribution in [-0.4, -0.2) is 49.4 Å². The molecule has 0 unspecified atom stereocenters. The van der Waals surface area contributed by atoms with Crippen LogP contribution >= 0.6 is 27.7 Å². The topological polar surface area (TPSA) is 82.1 Å². The van der Waals surface area contributed by atoms with Gasteiger partial charge in [0, 0.05) is 0 Å². The number of thioether (sulfide) groups is 1. The van der Waals surface area contributed by atoms with Gasteiger partial charge in [-0.05, 0) is 58.4 Å². The van der Waals surface area contributed by atoms with Gasteiger partial charge in [-0.1, -0.05) is 0 Å². The van der Waals surface area contributed by atoms with Gasteiger partial charge in [0.15, 0.2) is 11.5 Å². The van der Waals surface area contributed by atoms with Crippen LogP contribution in [0.3, 0.4) is 0 Å². The lowest BCUT2D eigenvalue weighted by atomic mass is 10.2. The van der Waals surface area contributed by atoms with Gasteiger partial charge < -0.3 is 14.2 Å². The minimum atomic E-state index is -0.658. The van der Waals surface area contributed by atoms with E-state index in [0.717, 1.165) is 16.7 Å². The van der Waals surface area contributed by atoms with Crippen LogP contribution in [0.15, 0.2) is 21.5 Å². The average molecular weight is 430 g/mol. The van der Waals surface area contributed by atoms with E-state index in [4.69, 9.17) is 9.47 Å². The van der Waals surface area contributed by atoms with Crippen molar-refractivity contribution >= 4 is 50.9 Å². The van der Waals surface area contributed by atoms with Crippen molar-refractivity contribution in [2.75, 3.05) is 27.4 Å². The number of carbonyl (C=O) groups excluding carboxylic acids is 3. The molecule has 0 bridgehead atoms. The number of benzene rings is 1. The largest absolute Gasteiger partial charge is 0.492 e. The van der Waals surface area contributed by atoms with Gasteiger partial charge in [0.25, 0.3) is 11.1 Å².